The molecule has 0 aromatic carbocycles. The van der Waals surface area contributed by atoms with Crippen LogP contribution in [0.4, 0.5) is 9.59 Å². The van der Waals surface area contributed by atoms with Crippen molar-refractivity contribution in [2.75, 3.05) is 0 Å². The van der Waals surface area contributed by atoms with Gasteiger partial charge in [-0.05, 0) is 27.7 Å². The molecule has 0 aromatic heterocycles. The lowest BCUT2D eigenvalue weighted by Gasteiger charge is -2.01. The average molecular weight is 206 g/mol. The molecule has 2 amide bonds. The van der Waals surface area contributed by atoms with Gasteiger partial charge in [0.2, 0.25) is 0 Å². The van der Waals surface area contributed by atoms with Crippen molar-refractivity contribution in [1.29, 1.82) is 0 Å². The fourth-order valence-corrected chi connectivity index (χ4v) is 0.465. The maximum Gasteiger partial charge on any atom is 0.404 e. The quantitative estimate of drug-likeness (QED) is 0.702. The molecule has 0 aromatic rings. The Morgan fingerprint density at radius 1 is 0.857 bits per heavy atom. The molecule has 6 heteroatoms. The summed E-state index contributed by atoms with van der Waals surface area (Å²) >= 11 is 0. The third-order valence-corrected chi connectivity index (χ3v) is 0.704. The maximum atomic E-state index is 9.81. The van der Waals surface area contributed by atoms with E-state index in [0.717, 1.165) is 0 Å². The summed E-state index contributed by atoms with van der Waals surface area (Å²) in [5.41, 5.74) is 9.26. The number of rotatable bonds is 2. The van der Waals surface area contributed by atoms with Crippen LogP contribution in [0, 0.1) is 0 Å². The molecular weight excluding hydrogens is 188 g/mol. The van der Waals surface area contributed by atoms with Crippen LogP contribution in [-0.4, -0.2) is 24.4 Å². The Kier molecular flexibility index (Phi) is 8.75. The van der Waals surface area contributed by atoms with Gasteiger partial charge in [-0.15, -0.1) is 0 Å². The predicted molar refractivity (Wildman–Crippen MR) is 51.6 cm³/mol. The van der Waals surface area contributed by atoms with E-state index >= 15 is 0 Å². The van der Waals surface area contributed by atoms with E-state index in [0.29, 0.717) is 0 Å². The standard InChI is InChI=1S/2C4H9NO2/c2*1-3(2)7-4(5)6/h2*3H,1-2H3,(H2,5,6). The molecule has 0 radical (unpaired) electrons. The molecule has 0 unspecified atom stereocenters. The smallest absolute Gasteiger partial charge is 0.404 e. The van der Waals surface area contributed by atoms with Crippen LogP contribution in [0.15, 0.2) is 0 Å². The van der Waals surface area contributed by atoms with Gasteiger partial charge in [-0.3, -0.25) is 0 Å². The van der Waals surface area contributed by atoms with Crippen LogP contribution in [0.5, 0.6) is 0 Å². The second-order valence-corrected chi connectivity index (χ2v) is 2.97. The Balaban J connectivity index is 0. The Morgan fingerprint density at radius 2 is 1.07 bits per heavy atom. The van der Waals surface area contributed by atoms with Gasteiger partial charge in [-0.1, -0.05) is 0 Å². The van der Waals surface area contributed by atoms with Crippen LogP contribution in [0.2, 0.25) is 0 Å². The lowest BCUT2D eigenvalue weighted by molar-refractivity contribution is 0.124. The van der Waals surface area contributed by atoms with E-state index in [1.165, 1.54) is 0 Å². The molecule has 14 heavy (non-hydrogen) atoms. The van der Waals surface area contributed by atoms with Crippen LogP contribution in [-0.2, 0) is 9.47 Å². The van der Waals surface area contributed by atoms with Gasteiger partial charge in [0.05, 0.1) is 12.2 Å². The van der Waals surface area contributed by atoms with Gasteiger partial charge in [0.25, 0.3) is 0 Å². The molecule has 0 heterocycles. The molecule has 0 aliphatic heterocycles. The minimum Gasteiger partial charge on any atom is -0.447 e. The van der Waals surface area contributed by atoms with E-state index in [4.69, 9.17) is 0 Å². The van der Waals surface area contributed by atoms with Crippen LogP contribution >= 0.6 is 0 Å². The topological polar surface area (TPSA) is 105 Å². The van der Waals surface area contributed by atoms with Gasteiger partial charge in [-0.25, -0.2) is 9.59 Å². The highest BCUT2D eigenvalue weighted by molar-refractivity contribution is 5.64. The number of hydrogen-bond acceptors (Lipinski definition) is 4. The molecule has 0 aliphatic rings. The fourth-order valence-electron chi connectivity index (χ4n) is 0.465. The molecule has 0 bridgehead atoms. The van der Waals surface area contributed by atoms with Crippen LogP contribution in [0.25, 0.3) is 0 Å². The first-order valence-electron chi connectivity index (χ1n) is 4.17. The van der Waals surface area contributed by atoms with Crippen molar-refractivity contribution in [3.05, 3.63) is 0 Å². The monoisotopic (exact) mass is 206 g/mol. The van der Waals surface area contributed by atoms with Crippen LogP contribution in [0.1, 0.15) is 27.7 Å². The zero-order valence-electron chi connectivity index (χ0n) is 8.94. The van der Waals surface area contributed by atoms with E-state index in [-0.39, 0.29) is 12.2 Å². The van der Waals surface area contributed by atoms with Gasteiger partial charge in [-0.2, -0.15) is 0 Å². The average Bonchev–Trinajstić information content (AvgIpc) is 1.79. The lowest BCUT2D eigenvalue weighted by Crippen LogP contribution is -2.17. The van der Waals surface area contributed by atoms with Crippen LogP contribution in [0.3, 0.4) is 0 Å². The summed E-state index contributed by atoms with van der Waals surface area (Å²) in [5, 5.41) is 0. The summed E-state index contributed by atoms with van der Waals surface area (Å²) in [6.45, 7) is 6.96. The lowest BCUT2D eigenvalue weighted by atomic mass is 10.5. The van der Waals surface area contributed by atoms with E-state index in [1.54, 1.807) is 27.7 Å². The normalized spacial score (nSPS) is 9.00. The molecule has 0 saturated heterocycles. The molecule has 6 nitrogen and oxygen atoms in total. The summed E-state index contributed by atoms with van der Waals surface area (Å²) in [7, 11) is 0. The molecular formula is C8H18N2O4. The largest absolute Gasteiger partial charge is 0.447 e. The number of carbonyl (C=O) groups is 2. The number of hydrogen-bond donors (Lipinski definition) is 2. The summed E-state index contributed by atoms with van der Waals surface area (Å²) in [4.78, 5) is 19.6. The Bertz CT molecular complexity index is 160. The van der Waals surface area contributed by atoms with Crippen molar-refractivity contribution < 1.29 is 19.1 Å². The maximum absolute atomic E-state index is 9.81. The van der Waals surface area contributed by atoms with E-state index in [2.05, 4.69) is 20.9 Å². The third-order valence-electron chi connectivity index (χ3n) is 0.704. The number of nitrogens with two attached hydrogens (primary N) is 2. The summed E-state index contributed by atoms with van der Waals surface area (Å²) in [6, 6.07) is 0. The first-order chi connectivity index (χ1) is 6.25. The van der Waals surface area contributed by atoms with Gasteiger partial charge in [0.1, 0.15) is 0 Å². The van der Waals surface area contributed by atoms with Gasteiger partial charge in [0, 0.05) is 0 Å². The highest BCUT2D eigenvalue weighted by atomic mass is 16.6. The first-order valence-corrected chi connectivity index (χ1v) is 4.17. The second-order valence-electron chi connectivity index (χ2n) is 2.97. The molecule has 0 fully saturated rings. The Hall–Kier alpha value is -1.46. The highest BCUT2D eigenvalue weighted by Crippen LogP contribution is 1.84. The molecule has 0 atom stereocenters. The van der Waals surface area contributed by atoms with Crippen molar-refractivity contribution in [2.24, 2.45) is 11.5 Å². The van der Waals surface area contributed by atoms with Crippen molar-refractivity contribution in [3.63, 3.8) is 0 Å². The van der Waals surface area contributed by atoms with Gasteiger partial charge < -0.3 is 20.9 Å². The zero-order chi connectivity index (χ0) is 11.7. The van der Waals surface area contributed by atoms with E-state index in [1.807, 2.05) is 0 Å². The number of carbonyl (C=O) groups excluding carboxylic acids is 2. The number of amides is 2. The molecule has 84 valence electrons. The second kappa shape index (κ2) is 8.15. The number of ether oxygens (including phenoxy) is 2. The van der Waals surface area contributed by atoms with Crippen molar-refractivity contribution in [2.45, 2.75) is 39.9 Å². The molecule has 0 aliphatic carbocycles. The Labute approximate surface area is 83.5 Å². The Morgan fingerprint density at radius 3 is 1.07 bits per heavy atom. The minimum absolute atomic E-state index is 0.0995. The van der Waals surface area contributed by atoms with E-state index in [9.17, 15) is 9.59 Å². The predicted octanol–water partition coefficient (Wildman–Crippen LogP) is 0.980. The fraction of sp³-hybridized carbons (Fsp3) is 0.750. The summed E-state index contributed by atoms with van der Waals surface area (Å²) < 4.78 is 8.78. The summed E-state index contributed by atoms with van der Waals surface area (Å²) in [6.07, 6.45) is -1.63. The van der Waals surface area contributed by atoms with Crippen LogP contribution < -0.4 is 11.5 Å². The van der Waals surface area contributed by atoms with Gasteiger partial charge >= 0.3 is 12.2 Å². The molecule has 0 saturated carbocycles. The third kappa shape index (κ3) is 22.4. The molecule has 0 spiro atoms. The minimum atomic E-state index is -0.713. The molecule has 4 N–H and O–H groups in total. The van der Waals surface area contributed by atoms with Crippen molar-refractivity contribution >= 4 is 12.2 Å². The van der Waals surface area contributed by atoms with Gasteiger partial charge in [0.15, 0.2) is 0 Å². The molecule has 0 rings (SSSR count). The van der Waals surface area contributed by atoms with Crippen molar-refractivity contribution in [1.82, 2.24) is 0 Å². The first kappa shape index (κ1) is 15.0. The zero-order valence-corrected chi connectivity index (χ0v) is 8.94. The van der Waals surface area contributed by atoms with E-state index < -0.39 is 12.2 Å². The SMILES string of the molecule is CC(C)OC(N)=O.CC(C)OC(N)=O. The highest BCUT2D eigenvalue weighted by Gasteiger charge is 1.95. The number of primary amides is 2. The van der Waals surface area contributed by atoms with Crippen molar-refractivity contribution in [3.8, 4) is 0 Å². The summed E-state index contributed by atoms with van der Waals surface area (Å²) in [5.74, 6) is 0.